The van der Waals surface area contributed by atoms with E-state index in [0.29, 0.717) is 47.9 Å². The monoisotopic (exact) mass is 376 g/mol. The van der Waals surface area contributed by atoms with Crippen molar-refractivity contribution in [2.45, 2.75) is 38.0 Å². The number of aromatic nitrogens is 1. The fourth-order valence-electron chi connectivity index (χ4n) is 2.72. The molecule has 2 heterocycles. The molecular weight excluding hydrogens is 356 g/mol. The van der Waals surface area contributed by atoms with E-state index in [-0.39, 0.29) is 10.8 Å². The summed E-state index contributed by atoms with van der Waals surface area (Å²) in [5.74, 6) is 0.570. The van der Waals surface area contributed by atoms with Gasteiger partial charge in [0.25, 0.3) is 15.9 Å². The van der Waals surface area contributed by atoms with Crippen LogP contribution in [0.3, 0.4) is 0 Å². The third-order valence-corrected chi connectivity index (χ3v) is 5.39. The summed E-state index contributed by atoms with van der Waals surface area (Å²) in [6, 6.07) is 6.07. The maximum Gasteiger partial charge on any atom is 0.262 e. The van der Waals surface area contributed by atoms with Crippen LogP contribution in [0.25, 0.3) is 0 Å². The SMILES string of the molecule is CCc1onc(C)c1C(=O)Nc1cccc(S(=O)(=O)NC2=NCCC2)c1. The van der Waals surface area contributed by atoms with Crippen LogP contribution in [0.2, 0.25) is 0 Å². The lowest BCUT2D eigenvalue weighted by atomic mass is 10.1. The zero-order chi connectivity index (χ0) is 18.7. The van der Waals surface area contributed by atoms with Crippen molar-refractivity contribution >= 4 is 27.5 Å². The minimum absolute atomic E-state index is 0.0580. The van der Waals surface area contributed by atoms with Gasteiger partial charge >= 0.3 is 0 Å². The van der Waals surface area contributed by atoms with Crippen LogP contribution in [0.5, 0.6) is 0 Å². The first-order valence-corrected chi connectivity index (χ1v) is 9.81. The van der Waals surface area contributed by atoms with E-state index in [4.69, 9.17) is 4.52 Å². The maximum atomic E-state index is 12.5. The van der Waals surface area contributed by atoms with Gasteiger partial charge in [-0.3, -0.25) is 14.5 Å². The van der Waals surface area contributed by atoms with E-state index in [2.05, 4.69) is 20.2 Å². The van der Waals surface area contributed by atoms with Crippen molar-refractivity contribution < 1.29 is 17.7 Å². The highest BCUT2D eigenvalue weighted by molar-refractivity contribution is 7.90. The first-order chi connectivity index (χ1) is 12.4. The molecule has 26 heavy (non-hydrogen) atoms. The molecule has 0 radical (unpaired) electrons. The molecule has 3 rings (SSSR count). The van der Waals surface area contributed by atoms with Crippen molar-refractivity contribution in [1.82, 2.24) is 9.88 Å². The molecule has 0 bridgehead atoms. The highest BCUT2D eigenvalue weighted by atomic mass is 32.2. The number of carbonyl (C=O) groups excluding carboxylic acids is 1. The lowest BCUT2D eigenvalue weighted by Gasteiger charge is -2.10. The minimum Gasteiger partial charge on any atom is -0.360 e. The number of aliphatic imine (C=N–C) groups is 1. The first kappa shape index (κ1) is 18.1. The van der Waals surface area contributed by atoms with Gasteiger partial charge in [-0.1, -0.05) is 18.1 Å². The predicted molar refractivity (Wildman–Crippen MR) is 96.9 cm³/mol. The van der Waals surface area contributed by atoms with Crippen LogP contribution >= 0.6 is 0 Å². The quantitative estimate of drug-likeness (QED) is 0.831. The third kappa shape index (κ3) is 3.77. The average Bonchev–Trinajstić information content (AvgIpc) is 3.23. The Labute approximate surface area is 151 Å². The Morgan fingerprint density at radius 2 is 2.15 bits per heavy atom. The lowest BCUT2D eigenvalue weighted by Crippen LogP contribution is -2.29. The number of sulfonamides is 1. The van der Waals surface area contributed by atoms with Crippen molar-refractivity contribution in [2.24, 2.45) is 4.99 Å². The van der Waals surface area contributed by atoms with Crippen molar-refractivity contribution in [1.29, 1.82) is 0 Å². The molecule has 2 aromatic rings. The number of nitrogens with zero attached hydrogens (tertiary/aromatic N) is 2. The molecule has 9 heteroatoms. The van der Waals surface area contributed by atoms with Crippen molar-refractivity contribution in [2.75, 3.05) is 11.9 Å². The van der Waals surface area contributed by atoms with Gasteiger partial charge in [-0.25, -0.2) is 8.42 Å². The number of amides is 1. The molecule has 1 aliphatic heterocycles. The van der Waals surface area contributed by atoms with Crippen LogP contribution in [0.1, 0.15) is 41.6 Å². The molecule has 0 spiro atoms. The Kier molecular flexibility index (Phi) is 5.08. The second-order valence-corrected chi connectivity index (χ2v) is 7.62. The Morgan fingerprint density at radius 1 is 1.35 bits per heavy atom. The number of nitrogens with one attached hydrogen (secondary N) is 2. The molecule has 0 unspecified atom stereocenters. The zero-order valence-corrected chi connectivity index (χ0v) is 15.4. The minimum atomic E-state index is -3.74. The fraction of sp³-hybridized carbons (Fsp3) is 0.353. The molecular formula is C17H20N4O4S. The van der Waals surface area contributed by atoms with Crippen LogP contribution in [-0.4, -0.2) is 31.9 Å². The average molecular weight is 376 g/mol. The number of amidine groups is 1. The Morgan fingerprint density at radius 3 is 2.85 bits per heavy atom. The molecule has 0 aliphatic carbocycles. The van der Waals surface area contributed by atoms with Gasteiger partial charge in [-0.2, -0.15) is 0 Å². The number of benzene rings is 1. The number of carbonyl (C=O) groups is 1. The summed E-state index contributed by atoms with van der Waals surface area (Å²) in [5, 5.41) is 6.51. The lowest BCUT2D eigenvalue weighted by molar-refractivity contribution is 0.102. The van der Waals surface area contributed by atoms with E-state index < -0.39 is 10.0 Å². The van der Waals surface area contributed by atoms with Gasteiger partial charge in [-0.15, -0.1) is 0 Å². The molecule has 1 aromatic carbocycles. The molecule has 0 fully saturated rings. The Balaban J connectivity index is 1.81. The predicted octanol–water partition coefficient (Wildman–Crippen LogP) is 2.27. The standard InChI is InChI=1S/C17H20N4O4S/c1-3-14-16(11(2)20-25-14)17(22)19-12-6-4-7-13(10-12)26(23,24)21-15-8-5-9-18-15/h4,6-7,10H,3,5,8-9H2,1-2H3,(H,18,21)(H,19,22). The summed E-state index contributed by atoms with van der Waals surface area (Å²) in [7, 11) is -3.74. The van der Waals surface area contributed by atoms with E-state index in [1.165, 1.54) is 12.1 Å². The summed E-state index contributed by atoms with van der Waals surface area (Å²) >= 11 is 0. The maximum absolute atomic E-state index is 12.5. The second kappa shape index (κ2) is 7.28. The Bertz CT molecular complexity index is 963. The summed E-state index contributed by atoms with van der Waals surface area (Å²) < 4.78 is 32.6. The number of anilines is 1. The number of aryl methyl sites for hydroxylation is 2. The zero-order valence-electron chi connectivity index (χ0n) is 14.6. The highest BCUT2D eigenvalue weighted by Gasteiger charge is 2.21. The third-order valence-electron chi connectivity index (χ3n) is 4.01. The van der Waals surface area contributed by atoms with E-state index in [1.807, 2.05) is 6.92 Å². The molecule has 1 aromatic heterocycles. The highest BCUT2D eigenvalue weighted by Crippen LogP contribution is 2.20. The first-order valence-electron chi connectivity index (χ1n) is 8.33. The van der Waals surface area contributed by atoms with Crippen molar-refractivity contribution in [3.63, 3.8) is 0 Å². The van der Waals surface area contributed by atoms with E-state index in [9.17, 15) is 13.2 Å². The molecule has 2 N–H and O–H groups in total. The molecule has 1 amide bonds. The summed E-state index contributed by atoms with van der Waals surface area (Å²) in [5.41, 5.74) is 1.23. The van der Waals surface area contributed by atoms with Crippen LogP contribution in [-0.2, 0) is 16.4 Å². The largest absolute Gasteiger partial charge is 0.360 e. The number of hydrogen-bond acceptors (Lipinski definition) is 6. The van der Waals surface area contributed by atoms with Crippen LogP contribution in [0, 0.1) is 6.92 Å². The summed E-state index contributed by atoms with van der Waals surface area (Å²) in [6.07, 6.45) is 1.98. The smallest absolute Gasteiger partial charge is 0.262 e. The number of rotatable bonds is 5. The van der Waals surface area contributed by atoms with Gasteiger partial charge in [0, 0.05) is 25.1 Å². The topological polar surface area (TPSA) is 114 Å². The van der Waals surface area contributed by atoms with Crippen LogP contribution in [0.15, 0.2) is 38.7 Å². The van der Waals surface area contributed by atoms with E-state index in [1.54, 1.807) is 19.1 Å². The van der Waals surface area contributed by atoms with E-state index >= 15 is 0 Å². The molecule has 138 valence electrons. The molecule has 0 atom stereocenters. The van der Waals surface area contributed by atoms with Gasteiger partial charge in [0.2, 0.25) is 0 Å². The summed E-state index contributed by atoms with van der Waals surface area (Å²) in [6.45, 7) is 4.18. The second-order valence-electron chi connectivity index (χ2n) is 5.94. The molecule has 0 saturated heterocycles. The van der Waals surface area contributed by atoms with Gasteiger partial charge in [0.15, 0.2) is 0 Å². The van der Waals surface area contributed by atoms with Gasteiger partial charge in [0.05, 0.1) is 10.6 Å². The van der Waals surface area contributed by atoms with Gasteiger partial charge in [-0.05, 0) is 31.5 Å². The van der Waals surface area contributed by atoms with Crippen molar-refractivity contribution in [3.05, 3.63) is 41.3 Å². The van der Waals surface area contributed by atoms with E-state index in [0.717, 1.165) is 6.42 Å². The Hall–Kier alpha value is -2.68. The van der Waals surface area contributed by atoms with Gasteiger partial charge < -0.3 is 9.84 Å². The molecule has 1 aliphatic rings. The summed E-state index contributed by atoms with van der Waals surface area (Å²) in [4.78, 5) is 16.7. The van der Waals surface area contributed by atoms with Crippen LogP contribution < -0.4 is 10.0 Å². The normalized spacial score (nSPS) is 14.2. The molecule has 8 nitrogen and oxygen atoms in total. The van der Waals surface area contributed by atoms with Gasteiger partial charge in [0.1, 0.15) is 17.2 Å². The fourth-order valence-corrected chi connectivity index (χ4v) is 3.85. The van der Waals surface area contributed by atoms with Crippen LogP contribution in [0.4, 0.5) is 5.69 Å². The van der Waals surface area contributed by atoms with Crippen molar-refractivity contribution in [3.8, 4) is 0 Å². The molecule has 0 saturated carbocycles. The number of hydrogen-bond donors (Lipinski definition) is 2.